The maximum atomic E-state index is 14.2. The molecule has 2 atom stereocenters. The zero-order valence-corrected chi connectivity index (χ0v) is 28.4. The van der Waals surface area contributed by atoms with Crippen LogP contribution in [0.15, 0.2) is 82.2 Å². The second-order valence-electron chi connectivity index (χ2n) is 12.2. The van der Waals surface area contributed by atoms with E-state index < -0.39 is 38.9 Å². The SMILES string of the molecule is Cc1ccc(S(=O)(=O)N(C(=O)[C@H]2NC(C)(C)CS2)[C@@H](Cc2ccc(Nc3ccccc3Br)cc2)C(=O)OC(C)(C)C)cc1. The summed E-state index contributed by atoms with van der Waals surface area (Å²) in [7, 11) is -4.45. The van der Waals surface area contributed by atoms with E-state index in [9.17, 15) is 18.0 Å². The summed E-state index contributed by atoms with van der Waals surface area (Å²) in [5.74, 6) is -0.904. The van der Waals surface area contributed by atoms with Gasteiger partial charge in [0.15, 0.2) is 0 Å². The van der Waals surface area contributed by atoms with Crippen LogP contribution >= 0.6 is 27.7 Å². The lowest BCUT2D eigenvalue weighted by atomic mass is 10.0. The van der Waals surface area contributed by atoms with E-state index in [0.717, 1.165) is 25.7 Å². The summed E-state index contributed by atoms with van der Waals surface area (Å²) in [6.07, 6.45) is -0.0676. The number of rotatable bonds is 9. The zero-order chi connectivity index (χ0) is 31.6. The lowest BCUT2D eigenvalue weighted by Gasteiger charge is -2.33. The largest absolute Gasteiger partial charge is 0.458 e. The molecule has 1 saturated heterocycles. The van der Waals surface area contributed by atoms with Crippen LogP contribution in [-0.2, 0) is 30.8 Å². The van der Waals surface area contributed by atoms with Gasteiger partial charge in [0.05, 0.1) is 10.6 Å². The van der Waals surface area contributed by atoms with Crippen molar-refractivity contribution in [1.82, 2.24) is 9.62 Å². The smallest absolute Gasteiger partial charge is 0.330 e. The van der Waals surface area contributed by atoms with Crippen molar-refractivity contribution >= 4 is 61.0 Å². The van der Waals surface area contributed by atoms with E-state index >= 15 is 0 Å². The second-order valence-corrected chi connectivity index (χ2v) is 16.0. The predicted molar refractivity (Wildman–Crippen MR) is 176 cm³/mol. The first-order valence-corrected chi connectivity index (χ1v) is 17.2. The molecule has 1 amide bonds. The fourth-order valence-electron chi connectivity index (χ4n) is 4.54. The summed E-state index contributed by atoms with van der Waals surface area (Å²) in [4.78, 5) is 27.9. The normalized spacial score (nSPS) is 17.2. The van der Waals surface area contributed by atoms with Crippen molar-refractivity contribution in [2.45, 2.75) is 75.4 Å². The molecule has 8 nitrogen and oxygen atoms in total. The Hall–Kier alpha value is -2.86. The molecular weight excluding hydrogens is 650 g/mol. The number of thioether (sulfide) groups is 1. The molecule has 11 heteroatoms. The summed E-state index contributed by atoms with van der Waals surface area (Å²) < 4.78 is 35.9. The van der Waals surface area contributed by atoms with Gasteiger partial charge in [-0.1, -0.05) is 42.0 Å². The van der Waals surface area contributed by atoms with E-state index in [2.05, 4.69) is 26.6 Å². The Bertz CT molecular complexity index is 1570. The molecule has 0 saturated carbocycles. The van der Waals surface area contributed by atoms with Gasteiger partial charge in [0.2, 0.25) is 0 Å². The molecule has 0 aliphatic carbocycles. The first-order valence-electron chi connectivity index (χ1n) is 13.9. The summed E-state index contributed by atoms with van der Waals surface area (Å²) in [6.45, 7) is 10.9. The number of nitrogens with zero attached hydrogens (tertiary/aromatic N) is 1. The molecule has 2 N–H and O–H groups in total. The number of carbonyl (C=O) groups excluding carboxylic acids is 2. The number of hydrogen-bond acceptors (Lipinski definition) is 8. The van der Waals surface area contributed by atoms with Gasteiger partial charge in [0, 0.05) is 27.9 Å². The minimum Gasteiger partial charge on any atom is -0.458 e. The van der Waals surface area contributed by atoms with Gasteiger partial charge in [-0.2, -0.15) is 0 Å². The second kappa shape index (κ2) is 13.0. The number of amides is 1. The summed E-state index contributed by atoms with van der Waals surface area (Å²) in [5, 5.41) is 5.71. The fourth-order valence-corrected chi connectivity index (χ4v) is 7.86. The van der Waals surface area contributed by atoms with Crippen molar-refractivity contribution in [2.75, 3.05) is 11.1 Å². The highest BCUT2D eigenvalue weighted by Gasteiger charge is 2.47. The summed E-state index contributed by atoms with van der Waals surface area (Å²) >= 11 is 4.85. The van der Waals surface area contributed by atoms with Crippen molar-refractivity contribution in [2.24, 2.45) is 0 Å². The lowest BCUT2D eigenvalue weighted by Crippen LogP contribution is -2.56. The number of para-hydroxylation sites is 1. The molecule has 230 valence electrons. The number of halogens is 1. The Kier molecular flexibility index (Phi) is 10.0. The number of sulfonamides is 1. The van der Waals surface area contributed by atoms with Gasteiger partial charge in [0.1, 0.15) is 17.0 Å². The van der Waals surface area contributed by atoms with Crippen LogP contribution in [0, 0.1) is 6.92 Å². The molecule has 4 rings (SSSR count). The van der Waals surface area contributed by atoms with Crippen molar-refractivity contribution in [3.05, 3.63) is 88.4 Å². The van der Waals surface area contributed by atoms with E-state index in [1.54, 1.807) is 32.9 Å². The summed E-state index contributed by atoms with van der Waals surface area (Å²) in [6, 6.07) is 19.8. The van der Waals surface area contributed by atoms with E-state index in [1.165, 1.54) is 23.9 Å². The van der Waals surface area contributed by atoms with Gasteiger partial charge < -0.3 is 10.1 Å². The first kappa shape index (κ1) is 33.0. The number of nitrogens with one attached hydrogen (secondary N) is 2. The maximum Gasteiger partial charge on any atom is 0.330 e. The standard InChI is InChI=1S/C32H38BrN3O5S2/c1-21-11-17-24(18-12-21)43(39,40)36(29(37)28-35-32(5,6)20-42-28)27(30(38)41-31(2,3)4)19-22-13-15-23(16-14-22)34-26-10-8-7-9-25(26)33/h7-18,27-28,34-35H,19-20H2,1-6H3/t27-,28-/m0/s1. The van der Waals surface area contributed by atoms with Gasteiger partial charge in [-0.25, -0.2) is 17.5 Å². The van der Waals surface area contributed by atoms with Crippen LogP contribution in [0.1, 0.15) is 45.7 Å². The molecule has 1 aliphatic rings. The molecule has 43 heavy (non-hydrogen) atoms. The number of anilines is 2. The Morgan fingerprint density at radius 1 is 1.07 bits per heavy atom. The third kappa shape index (κ3) is 8.41. The van der Waals surface area contributed by atoms with Crippen molar-refractivity contribution in [1.29, 1.82) is 0 Å². The van der Waals surface area contributed by atoms with Crippen molar-refractivity contribution < 1.29 is 22.7 Å². The van der Waals surface area contributed by atoms with Gasteiger partial charge in [-0.05, 0) is 99.4 Å². The highest BCUT2D eigenvalue weighted by molar-refractivity contribution is 9.10. The minimum atomic E-state index is -4.45. The Balaban J connectivity index is 1.74. The third-order valence-corrected chi connectivity index (χ3v) is 10.7. The zero-order valence-electron chi connectivity index (χ0n) is 25.2. The Morgan fingerprint density at radius 3 is 2.26 bits per heavy atom. The minimum absolute atomic E-state index is 0.0676. The fraction of sp³-hybridized carbons (Fsp3) is 0.375. The summed E-state index contributed by atoms with van der Waals surface area (Å²) in [5.41, 5.74) is 1.93. The van der Waals surface area contributed by atoms with Crippen LogP contribution in [0.2, 0.25) is 0 Å². The molecule has 0 bridgehead atoms. The number of hydrogen-bond donors (Lipinski definition) is 2. The lowest BCUT2D eigenvalue weighted by molar-refractivity contribution is -0.161. The molecule has 3 aromatic carbocycles. The van der Waals surface area contributed by atoms with E-state index in [4.69, 9.17) is 4.74 Å². The predicted octanol–water partition coefficient (Wildman–Crippen LogP) is 6.41. The number of esters is 1. The van der Waals surface area contributed by atoms with Crippen LogP contribution in [0.3, 0.4) is 0 Å². The van der Waals surface area contributed by atoms with Crippen LogP contribution in [-0.4, -0.2) is 52.9 Å². The van der Waals surface area contributed by atoms with E-state index in [1.807, 2.05) is 69.3 Å². The number of carbonyl (C=O) groups is 2. The maximum absolute atomic E-state index is 14.2. The van der Waals surface area contributed by atoms with Gasteiger partial charge in [0.25, 0.3) is 15.9 Å². The average molecular weight is 689 g/mol. The molecule has 0 unspecified atom stereocenters. The van der Waals surface area contributed by atoms with Crippen LogP contribution in [0.5, 0.6) is 0 Å². The van der Waals surface area contributed by atoms with Gasteiger partial charge in [-0.15, -0.1) is 11.8 Å². The van der Waals surface area contributed by atoms with Crippen molar-refractivity contribution in [3.63, 3.8) is 0 Å². The monoisotopic (exact) mass is 687 g/mol. The van der Waals surface area contributed by atoms with Crippen LogP contribution in [0.4, 0.5) is 11.4 Å². The first-order chi connectivity index (χ1) is 20.1. The van der Waals surface area contributed by atoms with Gasteiger partial charge >= 0.3 is 5.97 Å². The van der Waals surface area contributed by atoms with Crippen LogP contribution < -0.4 is 10.6 Å². The topological polar surface area (TPSA) is 105 Å². The van der Waals surface area contributed by atoms with E-state index in [-0.39, 0.29) is 16.9 Å². The molecule has 0 radical (unpaired) electrons. The van der Waals surface area contributed by atoms with E-state index in [0.29, 0.717) is 11.3 Å². The average Bonchev–Trinajstić information content (AvgIpc) is 3.29. The molecule has 0 spiro atoms. The Morgan fingerprint density at radius 2 is 1.70 bits per heavy atom. The third-order valence-electron chi connectivity index (χ3n) is 6.65. The van der Waals surface area contributed by atoms with Gasteiger partial charge in [-0.3, -0.25) is 10.1 Å². The number of ether oxygens (including phenoxy) is 1. The molecule has 1 fully saturated rings. The number of aryl methyl sites for hydroxylation is 1. The highest BCUT2D eigenvalue weighted by Crippen LogP contribution is 2.32. The highest BCUT2D eigenvalue weighted by atomic mass is 79.9. The molecule has 1 aliphatic heterocycles. The quantitative estimate of drug-likeness (QED) is 0.249. The number of benzene rings is 3. The van der Waals surface area contributed by atoms with Crippen LogP contribution in [0.25, 0.3) is 0 Å². The molecule has 0 aromatic heterocycles. The molecule has 1 heterocycles. The molecular formula is C32H38BrN3O5S2. The Labute approximate surface area is 267 Å². The van der Waals surface area contributed by atoms with Crippen molar-refractivity contribution in [3.8, 4) is 0 Å². The molecule has 3 aromatic rings.